The van der Waals surface area contributed by atoms with E-state index >= 15 is 0 Å². The second kappa shape index (κ2) is 17.0. The van der Waals surface area contributed by atoms with E-state index in [0.717, 1.165) is 32.6 Å². The van der Waals surface area contributed by atoms with Gasteiger partial charge in [0, 0.05) is 107 Å². The van der Waals surface area contributed by atoms with Gasteiger partial charge in [-0.05, 0) is 55.7 Å². The standard InChI is InChI=1S/C43H45N9O6S/c1-24-38(44)28(21-32(39(24)58-4)48-43-46-18-16-31(47-43)29-22-51(3)33-12-6-5-9-25(29)33)26(40(45)55)11-8-19-50(2)37(54)17-20-59-35-13-7-10-27-30(35)23-52(42(27)57)34-14-15-36(53)49-41(34)56/h5-7,9-13,16,18,21-22,34H,8,14-15,17,19-20,23,44H2,1-4H3,(H2,45,55)(H,46,47,48)(H,49,53,56). The van der Waals surface area contributed by atoms with Gasteiger partial charge in [0.1, 0.15) is 11.8 Å². The van der Waals surface area contributed by atoms with Gasteiger partial charge in [-0.25, -0.2) is 9.97 Å². The first kappa shape index (κ1) is 40.5. The minimum atomic E-state index is -0.701. The largest absolute Gasteiger partial charge is 0.494 e. The van der Waals surface area contributed by atoms with Crippen LogP contribution in [0.3, 0.4) is 0 Å². The number of ether oxygens (including phenoxy) is 1. The van der Waals surface area contributed by atoms with Gasteiger partial charge in [0.2, 0.25) is 29.6 Å². The number of thioether (sulfide) groups is 1. The normalized spacial score (nSPS) is 15.3. The van der Waals surface area contributed by atoms with Gasteiger partial charge in [-0.2, -0.15) is 0 Å². The topological polar surface area (TPSA) is 208 Å². The second-order valence-corrected chi connectivity index (χ2v) is 15.6. The SMILES string of the molecule is COc1c(Nc2nccc(-c3cn(C)c4ccccc34)n2)cc(C(=CCCN(C)C(=O)CCSc2cccc3c2CN(C2CCC(=O)NC2=O)C3=O)C(N)=O)c(N)c1C. The summed E-state index contributed by atoms with van der Waals surface area (Å²) in [5.74, 6) is -0.599. The fraction of sp³-hybridized carbons (Fsp3) is 0.279. The molecule has 1 saturated heterocycles. The van der Waals surface area contributed by atoms with Gasteiger partial charge in [0.05, 0.1) is 18.5 Å². The quantitative estimate of drug-likeness (QED) is 0.0511. The number of carbonyl (C=O) groups excluding carboxylic acids is 5. The second-order valence-electron chi connectivity index (χ2n) is 14.5. The number of nitrogen functional groups attached to an aromatic ring is 1. The van der Waals surface area contributed by atoms with E-state index in [1.807, 2.05) is 54.2 Å². The van der Waals surface area contributed by atoms with Crippen LogP contribution in [-0.2, 0) is 32.8 Å². The van der Waals surface area contributed by atoms with Crippen molar-refractivity contribution >= 4 is 75.1 Å². The predicted molar refractivity (Wildman–Crippen MR) is 227 cm³/mol. The molecule has 15 nitrogen and oxygen atoms in total. The van der Waals surface area contributed by atoms with Crippen molar-refractivity contribution in [2.45, 2.75) is 50.1 Å². The highest BCUT2D eigenvalue weighted by Crippen LogP contribution is 2.40. The molecule has 2 aromatic heterocycles. The van der Waals surface area contributed by atoms with Crippen LogP contribution in [0.5, 0.6) is 5.75 Å². The summed E-state index contributed by atoms with van der Waals surface area (Å²) >= 11 is 1.47. The third kappa shape index (κ3) is 8.21. The van der Waals surface area contributed by atoms with Crippen LogP contribution in [0.15, 0.2) is 78.0 Å². The minimum absolute atomic E-state index is 0.0997. The number of primary amides is 1. The Bertz CT molecular complexity index is 2550. The van der Waals surface area contributed by atoms with E-state index in [2.05, 4.69) is 15.6 Å². The van der Waals surface area contributed by atoms with Crippen molar-refractivity contribution in [3.63, 3.8) is 0 Å². The molecule has 0 spiro atoms. The maximum atomic E-state index is 13.2. The van der Waals surface area contributed by atoms with Crippen molar-refractivity contribution in [1.29, 1.82) is 0 Å². The fourth-order valence-electron chi connectivity index (χ4n) is 7.63. The smallest absolute Gasteiger partial charge is 0.255 e. The van der Waals surface area contributed by atoms with E-state index in [4.69, 9.17) is 21.2 Å². The third-order valence-electron chi connectivity index (χ3n) is 10.8. The van der Waals surface area contributed by atoms with Crippen molar-refractivity contribution in [2.24, 2.45) is 12.8 Å². The van der Waals surface area contributed by atoms with Crippen molar-refractivity contribution in [1.82, 2.24) is 29.7 Å². The molecule has 3 aromatic carbocycles. The Balaban J connectivity index is 1.00. The number of nitrogens with two attached hydrogens (primary N) is 2. The predicted octanol–water partition coefficient (Wildman–Crippen LogP) is 4.94. The number of anilines is 3. The van der Waals surface area contributed by atoms with Gasteiger partial charge < -0.3 is 35.9 Å². The van der Waals surface area contributed by atoms with Crippen LogP contribution in [0.1, 0.15) is 52.7 Å². The number of aryl methyl sites for hydroxylation is 1. The molecule has 304 valence electrons. The number of amides is 5. The summed E-state index contributed by atoms with van der Waals surface area (Å²) < 4.78 is 7.79. The zero-order valence-electron chi connectivity index (χ0n) is 33.2. The number of fused-ring (bicyclic) bond motifs is 2. The summed E-state index contributed by atoms with van der Waals surface area (Å²) in [5.41, 5.74) is 18.6. The number of hydrogen-bond donors (Lipinski definition) is 4. The van der Waals surface area contributed by atoms with Gasteiger partial charge in [0.25, 0.3) is 5.91 Å². The van der Waals surface area contributed by atoms with Gasteiger partial charge in [-0.1, -0.05) is 30.3 Å². The minimum Gasteiger partial charge on any atom is -0.494 e. The Morgan fingerprint density at radius 3 is 2.68 bits per heavy atom. The molecule has 4 heterocycles. The van der Waals surface area contributed by atoms with Crippen LogP contribution < -0.4 is 26.8 Å². The van der Waals surface area contributed by atoms with Gasteiger partial charge in [-0.3, -0.25) is 29.3 Å². The number of imide groups is 1. The molecule has 7 rings (SSSR count). The summed E-state index contributed by atoms with van der Waals surface area (Å²) in [7, 11) is 5.21. The fourth-order valence-corrected chi connectivity index (χ4v) is 8.65. The number of hydrogen-bond acceptors (Lipinski definition) is 11. The number of rotatable bonds is 14. The van der Waals surface area contributed by atoms with Crippen LogP contribution in [-0.4, -0.2) is 86.4 Å². The van der Waals surface area contributed by atoms with Crippen LogP contribution in [0.4, 0.5) is 17.3 Å². The van der Waals surface area contributed by atoms with Crippen LogP contribution in [0.25, 0.3) is 27.7 Å². The van der Waals surface area contributed by atoms with Crippen molar-refractivity contribution in [3.8, 4) is 17.0 Å². The average molecular weight is 816 g/mol. The van der Waals surface area contributed by atoms with Crippen molar-refractivity contribution in [3.05, 3.63) is 95.3 Å². The maximum Gasteiger partial charge on any atom is 0.255 e. The summed E-state index contributed by atoms with van der Waals surface area (Å²) in [5, 5.41) is 6.64. The highest BCUT2D eigenvalue weighted by molar-refractivity contribution is 7.99. The molecule has 6 N–H and O–H groups in total. The Labute approximate surface area is 345 Å². The zero-order chi connectivity index (χ0) is 42.0. The van der Waals surface area contributed by atoms with Crippen LogP contribution >= 0.6 is 11.8 Å². The molecule has 5 amide bonds. The molecule has 5 aromatic rings. The van der Waals surface area contributed by atoms with E-state index < -0.39 is 17.9 Å². The third-order valence-corrected chi connectivity index (χ3v) is 11.9. The Morgan fingerprint density at radius 1 is 1.12 bits per heavy atom. The molecule has 0 radical (unpaired) electrons. The lowest BCUT2D eigenvalue weighted by atomic mass is 9.97. The number of nitrogens with one attached hydrogen (secondary N) is 2. The molecule has 1 atom stereocenters. The molecule has 2 aliphatic heterocycles. The summed E-state index contributed by atoms with van der Waals surface area (Å²) in [4.78, 5) is 76.7. The van der Waals surface area contributed by atoms with E-state index in [0.29, 0.717) is 58.5 Å². The van der Waals surface area contributed by atoms with E-state index in [1.54, 1.807) is 49.3 Å². The van der Waals surface area contributed by atoms with Gasteiger partial charge in [-0.15, -0.1) is 11.8 Å². The van der Waals surface area contributed by atoms with Crippen molar-refractivity contribution in [2.75, 3.05) is 37.5 Å². The zero-order valence-corrected chi connectivity index (χ0v) is 34.0. The lowest BCUT2D eigenvalue weighted by Gasteiger charge is -2.29. The Kier molecular flexibility index (Phi) is 11.7. The number of benzene rings is 3. The monoisotopic (exact) mass is 815 g/mol. The molecule has 0 saturated carbocycles. The molecule has 0 aliphatic carbocycles. The number of carbonyl (C=O) groups is 5. The molecule has 16 heteroatoms. The molecule has 0 bridgehead atoms. The maximum absolute atomic E-state index is 13.2. The number of piperidine rings is 1. The van der Waals surface area contributed by atoms with E-state index in [1.165, 1.54) is 23.8 Å². The molecular weight excluding hydrogens is 771 g/mol. The van der Waals surface area contributed by atoms with Crippen LogP contribution in [0.2, 0.25) is 0 Å². The first-order valence-corrected chi connectivity index (χ1v) is 20.1. The molecule has 2 aliphatic rings. The number of methoxy groups -OCH3 is 1. The van der Waals surface area contributed by atoms with Crippen molar-refractivity contribution < 1.29 is 28.7 Å². The molecule has 1 unspecified atom stereocenters. The van der Waals surface area contributed by atoms with E-state index in [-0.39, 0.29) is 49.1 Å². The average Bonchev–Trinajstić information content (AvgIpc) is 3.74. The first-order valence-electron chi connectivity index (χ1n) is 19.1. The number of aromatic nitrogens is 3. The van der Waals surface area contributed by atoms with Gasteiger partial charge >= 0.3 is 0 Å². The van der Waals surface area contributed by atoms with Gasteiger partial charge in [0.15, 0.2) is 0 Å². The lowest BCUT2D eigenvalue weighted by Crippen LogP contribution is -2.52. The first-order chi connectivity index (χ1) is 28.4. The number of nitrogens with zero attached hydrogens (tertiary/aromatic N) is 5. The Hall–Kier alpha value is -6.68. The molecule has 1 fully saturated rings. The Morgan fingerprint density at radius 2 is 1.92 bits per heavy atom. The highest BCUT2D eigenvalue weighted by atomic mass is 32.2. The number of para-hydroxylation sites is 1. The summed E-state index contributed by atoms with van der Waals surface area (Å²) in [6.45, 7) is 2.36. The molecular formula is C43H45N9O6S. The van der Waals surface area contributed by atoms with E-state index in [9.17, 15) is 24.0 Å². The molecule has 59 heavy (non-hydrogen) atoms. The summed E-state index contributed by atoms with van der Waals surface area (Å²) in [6.07, 6.45) is 6.39. The summed E-state index contributed by atoms with van der Waals surface area (Å²) in [6, 6.07) is 16.3. The highest BCUT2D eigenvalue weighted by Gasteiger charge is 2.40. The van der Waals surface area contributed by atoms with Crippen LogP contribution in [0, 0.1) is 6.92 Å². The lowest BCUT2D eigenvalue weighted by molar-refractivity contribution is -0.137.